The number of hydrogen-bond acceptors (Lipinski definition) is 4. The largest absolute Gasteiger partial charge is 0.445 e. The Labute approximate surface area is 191 Å². The standard InChI is InChI=1S/C26H25FN2O4/c27-24-14-23(28-25(30)32-17-19-7-3-1-4-8-19)12-11-22(24)13-21-15-29(16-21)26(31)33-18-20-9-5-2-6-10-20/h1-12,14,21H,13,15-18H2,(H,28,30). The second kappa shape index (κ2) is 10.6. The van der Waals surface area contributed by atoms with Crippen LogP contribution in [0.4, 0.5) is 19.7 Å². The quantitative estimate of drug-likeness (QED) is 0.527. The van der Waals surface area contributed by atoms with Gasteiger partial charge in [0.05, 0.1) is 0 Å². The Balaban J connectivity index is 1.20. The Morgan fingerprint density at radius 2 is 1.48 bits per heavy atom. The molecule has 0 aromatic heterocycles. The lowest BCUT2D eigenvalue weighted by atomic mass is 9.92. The zero-order valence-electron chi connectivity index (χ0n) is 18.1. The third kappa shape index (κ3) is 6.32. The molecule has 0 atom stereocenters. The summed E-state index contributed by atoms with van der Waals surface area (Å²) in [6.45, 7) is 1.43. The van der Waals surface area contributed by atoms with Crippen molar-refractivity contribution in [3.8, 4) is 0 Å². The van der Waals surface area contributed by atoms with Crippen LogP contribution in [0.15, 0.2) is 78.9 Å². The minimum absolute atomic E-state index is 0.138. The summed E-state index contributed by atoms with van der Waals surface area (Å²) in [7, 11) is 0. The average Bonchev–Trinajstić information content (AvgIpc) is 2.81. The summed E-state index contributed by atoms with van der Waals surface area (Å²) in [4.78, 5) is 25.7. The van der Waals surface area contributed by atoms with E-state index in [4.69, 9.17) is 9.47 Å². The summed E-state index contributed by atoms with van der Waals surface area (Å²) in [5, 5.41) is 2.54. The maximum atomic E-state index is 14.5. The molecule has 0 aliphatic carbocycles. The highest BCUT2D eigenvalue weighted by Gasteiger charge is 2.32. The molecule has 0 radical (unpaired) electrons. The number of likely N-dealkylation sites (tertiary alicyclic amines) is 1. The monoisotopic (exact) mass is 448 g/mol. The molecule has 1 aliphatic heterocycles. The van der Waals surface area contributed by atoms with Crippen LogP contribution in [-0.2, 0) is 29.1 Å². The maximum Gasteiger partial charge on any atom is 0.411 e. The number of nitrogens with one attached hydrogen (secondary N) is 1. The molecule has 0 saturated carbocycles. The van der Waals surface area contributed by atoms with Crippen molar-refractivity contribution in [2.24, 2.45) is 5.92 Å². The number of carbonyl (C=O) groups excluding carboxylic acids is 2. The minimum atomic E-state index is -0.644. The zero-order chi connectivity index (χ0) is 23.0. The number of anilines is 1. The van der Waals surface area contributed by atoms with Gasteiger partial charge in [-0.25, -0.2) is 14.0 Å². The summed E-state index contributed by atoms with van der Waals surface area (Å²) in [6.07, 6.45) is -0.494. The third-order valence-corrected chi connectivity index (χ3v) is 5.44. The molecule has 0 unspecified atom stereocenters. The van der Waals surface area contributed by atoms with E-state index in [9.17, 15) is 14.0 Å². The van der Waals surface area contributed by atoms with Gasteiger partial charge in [0.2, 0.25) is 0 Å². The van der Waals surface area contributed by atoms with Crippen LogP contribution in [0.3, 0.4) is 0 Å². The highest BCUT2D eigenvalue weighted by atomic mass is 19.1. The second-order valence-electron chi connectivity index (χ2n) is 8.01. The molecule has 2 amide bonds. The molecule has 1 fully saturated rings. The first-order chi connectivity index (χ1) is 16.1. The van der Waals surface area contributed by atoms with Crippen LogP contribution >= 0.6 is 0 Å². The fourth-order valence-electron chi connectivity index (χ4n) is 3.64. The Kier molecular flexibility index (Phi) is 7.19. The number of carbonyl (C=O) groups is 2. The van der Waals surface area contributed by atoms with E-state index in [0.717, 1.165) is 11.1 Å². The van der Waals surface area contributed by atoms with E-state index in [0.29, 0.717) is 30.8 Å². The molecule has 3 aromatic carbocycles. The van der Waals surface area contributed by atoms with Crippen molar-refractivity contribution in [2.45, 2.75) is 19.6 Å². The van der Waals surface area contributed by atoms with Gasteiger partial charge in [0.15, 0.2) is 0 Å². The molecular formula is C26H25FN2O4. The van der Waals surface area contributed by atoms with Crippen LogP contribution < -0.4 is 5.32 Å². The first-order valence-corrected chi connectivity index (χ1v) is 10.8. The lowest BCUT2D eigenvalue weighted by Gasteiger charge is -2.38. The lowest BCUT2D eigenvalue weighted by Crippen LogP contribution is -2.50. The smallest absolute Gasteiger partial charge is 0.411 e. The predicted octanol–water partition coefficient (Wildman–Crippen LogP) is 5.39. The number of benzene rings is 3. The number of halogens is 1. The SMILES string of the molecule is O=C(Nc1ccc(CC2CN(C(=O)OCc3ccccc3)C2)c(F)c1)OCc1ccccc1. The Bertz CT molecular complexity index is 1090. The number of hydrogen-bond donors (Lipinski definition) is 1. The van der Waals surface area contributed by atoms with E-state index in [2.05, 4.69) is 5.32 Å². The third-order valence-electron chi connectivity index (χ3n) is 5.44. The highest BCUT2D eigenvalue weighted by Crippen LogP contribution is 2.24. The number of ether oxygens (including phenoxy) is 2. The lowest BCUT2D eigenvalue weighted by molar-refractivity contribution is 0.0494. The van der Waals surface area contributed by atoms with Gasteiger partial charge in [-0.05, 0) is 41.2 Å². The molecule has 7 heteroatoms. The molecule has 0 spiro atoms. The molecule has 1 heterocycles. The van der Waals surface area contributed by atoms with E-state index in [-0.39, 0.29) is 25.2 Å². The van der Waals surface area contributed by atoms with Crippen LogP contribution in [0, 0.1) is 11.7 Å². The molecule has 1 N–H and O–H groups in total. The molecule has 4 rings (SSSR count). The molecule has 3 aromatic rings. The van der Waals surface area contributed by atoms with Gasteiger partial charge in [-0.1, -0.05) is 66.7 Å². The summed E-state index contributed by atoms with van der Waals surface area (Å²) in [5.74, 6) is -0.237. The number of amides is 2. The summed E-state index contributed by atoms with van der Waals surface area (Å²) >= 11 is 0. The van der Waals surface area contributed by atoms with Crippen molar-refractivity contribution >= 4 is 17.9 Å². The fraction of sp³-hybridized carbons (Fsp3) is 0.231. The van der Waals surface area contributed by atoms with E-state index >= 15 is 0 Å². The number of nitrogens with zero attached hydrogens (tertiary/aromatic N) is 1. The van der Waals surface area contributed by atoms with E-state index in [1.165, 1.54) is 6.07 Å². The van der Waals surface area contributed by atoms with E-state index in [1.54, 1.807) is 17.0 Å². The van der Waals surface area contributed by atoms with Gasteiger partial charge in [-0.3, -0.25) is 5.32 Å². The van der Waals surface area contributed by atoms with Gasteiger partial charge in [0.25, 0.3) is 0 Å². The topological polar surface area (TPSA) is 67.9 Å². The summed E-state index contributed by atoms with van der Waals surface area (Å²) in [5.41, 5.74) is 2.67. The second-order valence-corrected chi connectivity index (χ2v) is 8.01. The Morgan fingerprint density at radius 3 is 2.09 bits per heavy atom. The molecular weight excluding hydrogens is 423 g/mol. The van der Waals surface area contributed by atoms with E-state index < -0.39 is 11.9 Å². The zero-order valence-corrected chi connectivity index (χ0v) is 18.1. The van der Waals surface area contributed by atoms with Gasteiger partial charge in [-0.2, -0.15) is 0 Å². The van der Waals surface area contributed by atoms with Crippen LogP contribution in [0.1, 0.15) is 16.7 Å². The van der Waals surface area contributed by atoms with Gasteiger partial charge < -0.3 is 14.4 Å². The minimum Gasteiger partial charge on any atom is -0.445 e. The van der Waals surface area contributed by atoms with Crippen molar-refractivity contribution in [2.75, 3.05) is 18.4 Å². The Morgan fingerprint density at radius 1 is 0.879 bits per heavy atom. The molecule has 0 bridgehead atoms. The maximum absolute atomic E-state index is 14.5. The molecule has 1 aliphatic rings. The van der Waals surface area contributed by atoms with Gasteiger partial charge in [0.1, 0.15) is 19.0 Å². The normalized spacial score (nSPS) is 13.2. The van der Waals surface area contributed by atoms with Gasteiger partial charge >= 0.3 is 12.2 Å². The molecule has 6 nitrogen and oxygen atoms in total. The first kappa shape index (κ1) is 22.3. The van der Waals surface area contributed by atoms with Crippen LogP contribution in [0.5, 0.6) is 0 Å². The predicted molar refractivity (Wildman–Crippen MR) is 122 cm³/mol. The molecule has 1 saturated heterocycles. The summed E-state index contributed by atoms with van der Waals surface area (Å²) < 4.78 is 25.0. The average molecular weight is 448 g/mol. The Hall–Kier alpha value is -3.87. The van der Waals surface area contributed by atoms with Crippen LogP contribution in [0.25, 0.3) is 0 Å². The van der Waals surface area contributed by atoms with Crippen molar-refractivity contribution in [1.82, 2.24) is 4.90 Å². The van der Waals surface area contributed by atoms with Gasteiger partial charge in [0, 0.05) is 18.8 Å². The van der Waals surface area contributed by atoms with Crippen molar-refractivity contribution in [3.63, 3.8) is 0 Å². The van der Waals surface area contributed by atoms with Crippen molar-refractivity contribution in [3.05, 3.63) is 101 Å². The van der Waals surface area contributed by atoms with Crippen LogP contribution in [0.2, 0.25) is 0 Å². The first-order valence-electron chi connectivity index (χ1n) is 10.8. The fourth-order valence-corrected chi connectivity index (χ4v) is 3.64. The number of rotatable bonds is 7. The van der Waals surface area contributed by atoms with Crippen molar-refractivity contribution < 1.29 is 23.5 Å². The van der Waals surface area contributed by atoms with Gasteiger partial charge in [-0.15, -0.1) is 0 Å². The molecule has 33 heavy (non-hydrogen) atoms. The summed E-state index contributed by atoms with van der Waals surface area (Å²) in [6, 6.07) is 23.4. The highest BCUT2D eigenvalue weighted by molar-refractivity contribution is 5.84. The molecule has 170 valence electrons. The van der Waals surface area contributed by atoms with E-state index in [1.807, 2.05) is 60.7 Å². The van der Waals surface area contributed by atoms with Crippen molar-refractivity contribution in [1.29, 1.82) is 0 Å². The van der Waals surface area contributed by atoms with Crippen LogP contribution in [-0.4, -0.2) is 30.2 Å².